The summed E-state index contributed by atoms with van der Waals surface area (Å²) in [4.78, 5) is 19.5. The lowest BCUT2D eigenvalue weighted by Gasteiger charge is -2.31. The number of H-pyrrole nitrogens is 1. The number of nitrogens with one attached hydrogen (secondary N) is 2. The van der Waals surface area contributed by atoms with Gasteiger partial charge < -0.3 is 10.1 Å². The van der Waals surface area contributed by atoms with Gasteiger partial charge in [0.1, 0.15) is 5.75 Å². The van der Waals surface area contributed by atoms with E-state index in [0.29, 0.717) is 55.3 Å². The van der Waals surface area contributed by atoms with Crippen molar-refractivity contribution in [1.29, 1.82) is 0 Å². The van der Waals surface area contributed by atoms with Crippen molar-refractivity contribution in [3.8, 4) is 5.75 Å². The maximum atomic E-state index is 12.8. The minimum atomic E-state index is -3.53. The molecule has 0 spiro atoms. The van der Waals surface area contributed by atoms with Gasteiger partial charge in [0.05, 0.1) is 12.0 Å². The Hall–Kier alpha value is -2.39. The number of nitrogens with zero attached hydrogens (tertiary/aromatic N) is 2. The molecule has 0 amide bonds. The third-order valence-corrected chi connectivity index (χ3v) is 6.98. The molecule has 152 valence electrons. The van der Waals surface area contributed by atoms with Crippen molar-refractivity contribution in [1.82, 2.24) is 14.3 Å². The quantitative estimate of drug-likeness (QED) is 0.759. The number of sulfonamides is 1. The Morgan fingerprint density at radius 3 is 2.43 bits per heavy atom. The third-order valence-electron chi connectivity index (χ3n) is 5.07. The van der Waals surface area contributed by atoms with Gasteiger partial charge in [0, 0.05) is 30.4 Å². The zero-order valence-electron chi connectivity index (χ0n) is 16.4. The van der Waals surface area contributed by atoms with E-state index in [0.717, 1.165) is 0 Å². The largest absolute Gasteiger partial charge is 0.497 e. The lowest BCUT2D eigenvalue weighted by Crippen LogP contribution is -2.42. The van der Waals surface area contributed by atoms with Crippen LogP contribution in [0, 0.1) is 6.92 Å². The van der Waals surface area contributed by atoms with Crippen LogP contribution in [-0.4, -0.2) is 48.9 Å². The fourth-order valence-electron chi connectivity index (χ4n) is 3.43. The molecule has 9 heteroatoms. The molecule has 0 unspecified atom stereocenters. The van der Waals surface area contributed by atoms with Gasteiger partial charge in [-0.2, -0.15) is 4.31 Å². The van der Waals surface area contributed by atoms with E-state index in [1.54, 1.807) is 31.4 Å². The molecule has 2 N–H and O–H groups in total. The summed E-state index contributed by atoms with van der Waals surface area (Å²) in [5.41, 5.74) is 1.27. The summed E-state index contributed by atoms with van der Waals surface area (Å²) in [6.07, 6.45) is 1.90. The molecule has 2 aromatic rings. The lowest BCUT2D eigenvalue weighted by atomic mass is 10.1. The predicted octanol–water partition coefficient (Wildman–Crippen LogP) is 1.91. The van der Waals surface area contributed by atoms with Crippen LogP contribution in [0.25, 0.3) is 0 Å². The van der Waals surface area contributed by atoms with E-state index in [9.17, 15) is 13.2 Å². The van der Waals surface area contributed by atoms with E-state index in [4.69, 9.17) is 4.74 Å². The molecule has 1 aliphatic heterocycles. The van der Waals surface area contributed by atoms with E-state index in [1.165, 1.54) is 4.31 Å². The summed E-state index contributed by atoms with van der Waals surface area (Å²) < 4.78 is 32.2. The lowest BCUT2D eigenvalue weighted by molar-refractivity contribution is 0.329. The van der Waals surface area contributed by atoms with Gasteiger partial charge in [0.15, 0.2) is 0 Å². The summed E-state index contributed by atoms with van der Waals surface area (Å²) in [5.74, 6) is 1.06. The standard InChI is InChI=1S/C19H26N4O4S/c1-4-17-13(2)20-19(22-18(17)24)21-14-9-11-23(12-10-14)28(25,26)16-7-5-15(27-3)6-8-16/h5-8,14H,4,9-12H2,1-3H3,(H2,20,21,22,24). The molecule has 0 bridgehead atoms. The third kappa shape index (κ3) is 4.20. The minimum absolute atomic E-state index is 0.0531. The van der Waals surface area contributed by atoms with Gasteiger partial charge in [-0.1, -0.05) is 6.92 Å². The number of hydrogen-bond donors (Lipinski definition) is 2. The number of methoxy groups -OCH3 is 1. The molecule has 0 saturated carbocycles. The summed E-state index contributed by atoms with van der Waals surface area (Å²) >= 11 is 0. The highest BCUT2D eigenvalue weighted by atomic mass is 32.2. The second-order valence-corrected chi connectivity index (χ2v) is 8.77. The molecule has 0 aliphatic carbocycles. The average molecular weight is 407 g/mol. The van der Waals surface area contributed by atoms with Crippen LogP contribution in [0.4, 0.5) is 5.95 Å². The van der Waals surface area contributed by atoms with E-state index >= 15 is 0 Å². The van der Waals surface area contributed by atoms with Crippen molar-refractivity contribution in [2.45, 2.75) is 44.0 Å². The van der Waals surface area contributed by atoms with Crippen molar-refractivity contribution in [2.24, 2.45) is 0 Å². The van der Waals surface area contributed by atoms with Crippen molar-refractivity contribution in [3.05, 3.63) is 45.9 Å². The van der Waals surface area contributed by atoms with E-state index < -0.39 is 10.0 Å². The molecule has 1 fully saturated rings. The van der Waals surface area contributed by atoms with Crippen molar-refractivity contribution >= 4 is 16.0 Å². The first-order chi connectivity index (χ1) is 13.3. The van der Waals surface area contributed by atoms with Crippen LogP contribution in [0.1, 0.15) is 31.0 Å². The number of hydrogen-bond acceptors (Lipinski definition) is 6. The Morgan fingerprint density at radius 1 is 1.25 bits per heavy atom. The fraction of sp³-hybridized carbons (Fsp3) is 0.474. The predicted molar refractivity (Wildman–Crippen MR) is 107 cm³/mol. The Kier molecular flexibility index (Phi) is 6.04. The molecule has 3 rings (SSSR count). The summed E-state index contributed by atoms with van der Waals surface area (Å²) in [6.45, 7) is 4.55. The van der Waals surface area contributed by atoms with Crippen LogP contribution >= 0.6 is 0 Å². The maximum Gasteiger partial charge on any atom is 0.255 e. The van der Waals surface area contributed by atoms with E-state index in [1.807, 2.05) is 13.8 Å². The van der Waals surface area contributed by atoms with Gasteiger partial charge in [-0.25, -0.2) is 13.4 Å². The molecular weight excluding hydrogens is 380 g/mol. The van der Waals surface area contributed by atoms with E-state index in [-0.39, 0.29) is 16.5 Å². The van der Waals surface area contributed by atoms with Crippen molar-refractivity contribution in [3.63, 3.8) is 0 Å². The molecule has 28 heavy (non-hydrogen) atoms. The molecular formula is C19H26N4O4S. The van der Waals surface area contributed by atoms with Crippen molar-refractivity contribution < 1.29 is 13.2 Å². The van der Waals surface area contributed by atoms with Crippen LogP contribution in [0.5, 0.6) is 5.75 Å². The first kappa shape index (κ1) is 20.3. The highest BCUT2D eigenvalue weighted by Gasteiger charge is 2.29. The molecule has 1 aliphatic rings. The molecule has 0 atom stereocenters. The van der Waals surface area contributed by atoms with Gasteiger partial charge in [-0.3, -0.25) is 9.78 Å². The number of ether oxygens (including phenoxy) is 1. The zero-order chi connectivity index (χ0) is 20.3. The highest BCUT2D eigenvalue weighted by molar-refractivity contribution is 7.89. The monoisotopic (exact) mass is 406 g/mol. The summed E-state index contributed by atoms with van der Waals surface area (Å²) in [5, 5.41) is 3.24. The number of anilines is 1. The number of piperidine rings is 1. The minimum Gasteiger partial charge on any atom is -0.497 e. The number of aromatic nitrogens is 2. The molecule has 1 aromatic heterocycles. The first-order valence-corrected chi connectivity index (χ1v) is 10.8. The molecule has 1 saturated heterocycles. The molecule has 8 nitrogen and oxygen atoms in total. The van der Waals surface area contributed by atoms with Crippen LogP contribution in [0.2, 0.25) is 0 Å². The SMILES string of the molecule is CCc1c(C)nc(NC2CCN(S(=O)(=O)c3ccc(OC)cc3)CC2)[nH]c1=O. The van der Waals surface area contributed by atoms with E-state index in [2.05, 4.69) is 15.3 Å². The topological polar surface area (TPSA) is 104 Å². The normalized spacial score (nSPS) is 16.1. The summed E-state index contributed by atoms with van der Waals surface area (Å²) in [7, 11) is -1.99. The number of rotatable bonds is 6. The zero-order valence-corrected chi connectivity index (χ0v) is 17.2. The van der Waals surface area contributed by atoms with Gasteiger partial charge >= 0.3 is 0 Å². The van der Waals surface area contributed by atoms with Gasteiger partial charge in [0.25, 0.3) is 5.56 Å². The number of aromatic amines is 1. The van der Waals surface area contributed by atoms with Crippen LogP contribution < -0.4 is 15.6 Å². The first-order valence-electron chi connectivity index (χ1n) is 9.35. The maximum absolute atomic E-state index is 12.8. The van der Waals surface area contributed by atoms with Crippen LogP contribution in [-0.2, 0) is 16.4 Å². The average Bonchev–Trinajstić information content (AvgIpc) is 2.68. The fourth-order valence-corrected chi connectivity index (χ4v) is 4.90. The van der Waals surface area contributed by atoms with Gasteiger partial charge in [-0.05, 0) is 50.5 Å². The Morgan fingerprint density at radius 2 is 1.89 bits per heavy atom. The second kappa shape index (κ2) is 8.32. The van der Waals surface area contributed by atoms with Crippen molar-refractivity contribution in [2.75, 3.05) is 25.5 Å². The Bertz CT molecular complexity index is 978. The number of aryl methyl sites for hydroxylation is 1. The molecule has 0 radical (unpaired) electrons. The Labute approximate surface area is 165 Å². The number of benzene rings is 1. The second-order valence-electron chi connectivity index (χ2n) is 6.83. The molecule has 1 aromatic carbocycles. The molecule has 2 heterocycles. The van der Waals surface area contributed by atoms with Gasteiger partial charge in [0.2, 0.25) is 16.0 Å². The summed E-state index contributed by atoms with van der Waals surface area (Å²) in [6, 6.07) is 6.46. The van der Waals surface area contributed by atoms with Crippen LogP contribution in [0.15, 0.2) is 34.0 Å². The smallest absolute Gasteiger partial charge is 0.255 e. The van der Waals surface area contributed by atoms with Gasteiger partial charge in [-0.15, -0.1) is 0 Å². The highest BCUT2D eigenvalue weighted by Crippen LogP contribution is 2.23. The van der Waals surface area contributed by atoms with Crippen LogP contribution in [0.3, 0.4) is 0 Å². The Balaban J connectivity index is 1.64.